The average Bonchev–Trinajstić information content (AvgIpc) is 2.73. The molecule has 0 bridgehead atoms. The minimum Gasteiger partial charge on any atom is -0.492 e. The zero-order valence-corrected chi connectivity index (χ0v) is 18.9. The van der Waals surface area contributed by atoms with E-state index in [2.05, 4.69) is 5.32 Å². The normalized spacial score (nSPS) is 12.4. The number of carbonyl (C=O) groups is 1. The maximum absolute atomic E-state index is 12.8. The molecular formula is C24H28N2O4S. The van der Waals surface area contributed by atoms with Gasteiger partial charge in [-0.3, -0.25) is 9.10 Å². The molecule has 3 aromatic rings. The van der Waals surface area contributed by atoms with Gasteiger partial charge in [-0.15, -0.1) is 0 Å². The van der Waals surface area contributed by atoms with Crippen LogP contribution in [0.4, 0.5) is 5.69 Å². The van der Waals surface area contributed by atoms with E-state index in [9.17, 15) is 13.2 Å². The van der Waals surface area contributed by atoms with Crippen LogP contribution in [0.5, 0.6) is 5.75 Å². The second-order valence-corrected chi connectivity index (χ2v) is 9.33. The summed E-state index contributed by atoms with van der Waals surface area (Å²) in [5.74, 6) is 0.369. The standard InChI is InChI=1S/C24H28N2O4S/c1-4-23(26(31(3,28)29)21-11-7-8-18(2)16-21)24(27)25-14-15-30-22-13-12-19-9-5-6-10-20(19)17-22/h5-13,16-17,23H,4,14-15H2,1-3H3,(H,25,27). The molecule has 1 amide bonds. The van der Waals surface area contributed by atoms with E-state index >= 15 is 0 Å². The van der Waals surface area contributed by atoms with Gasteiger partial charge in [0.1, 0.15) is 18.4 Å². The number of nitrogens with zero attached hydrogens (tertiary/aromatic N) is 1. The molecular weight excluding hydrogens is 412 g/mol. The van der Waals surface area contributed by atoms with Gasteiger partial charge < -0.3 is 10.1 Å². The summed E-state index contributed by atoms with van der Waals surface area (Å²) in [4.78, 5) is 12.8. The van der Waals surface area contributed by atoms with E-state index in [0.29, 0.717) is 12.1 Å². The van der Waals surface area contributed by atoms with Crippen molar-refractivity contribution in [2.75, 3.05) is 23.7 Å². The first kappa shape index (κ1) is 22.6. The van der Waals surface area contributed by atoms with Crippen molar-refractivity contribution in [1.29, 1.82) is 0 Å². The molecule has 3 rings (SSSR count). The molecule has 0 aliphatic heterocycles. The molecule has 164 valence electrons. The van der Waals surface area contributed by atoms with Crippen molar-refractivity contribution in [2.45, 2.75) is 26.3 Å². The first-order valence-corrected chi connectivity index (χ1v) is 12.1. The van der Waals surface area contributed by atoms with Crippen LogP contribution < -0.4 is 14.4 Å². The van der Waals surface area contributed by atoms with E-state index in [1.807, 2.05) is 55.5 Å². The lowest BCUT2D eigenvalue weighted by molar-refractivity contribution is -0.122. The smallest absolute Gasteiger partial charge is 0.244 e. The van der Waals surface area contributed by atoms with Crippen molar-refractivity contribution in [3.05, 3.63) is 72.3 Å². The van der Waals surface area contributed by atoms with Gasteiger partial charge in [0.15, 0.2) is 0 Å². The second kappa shape index (κ2) is 9.83. The predicted molar refractivity (Wildman–Crippen MR) is 125 cm³/mol. The van der Waals surface area contributed by atoms with E-state index < -0.39 is 16.1 Å². The van der Waals surface area contributed by atoms with Gasteiger partial charge in [-0.05, 0) is 53.9 Å². The first-order valence-electron chi connectivity index (χ1n) is 10.2. The molecule has 0 spiro atoms. The largest absolute Gasteiger partial charge is 0.492 e. The molecule has 31 heavy (non-hydrogen) atoms. The maximum atomic E-state index is 12.8. The Morgan fingerprint density at radius 1 is 1.03 bits per heavy atom. The molecule has 7 heteroatoms. The van der Waals surface area contributed by atoms with Crippen LogP contribution in [-0.4, -0.2) is 39.8 Å². The highest BCUT2D eigenvalue weighted by atomic mass is 32.2. The van der Waals surface area contributed by atoms with Gasteiger partial charge in [-0.2, -0.15) is 0 Å². The van der Waals surface area contributed by atoms with Crippen molar-refractivity contribution in [2.24, 2.45) is 0 Å². The molecule has 0 saturated carbocycles. The third-order valence-corrected chi connectivity index (χ3v) is 6.16. The molecule has 3 aromatic carbocycles. The Bertz CT molecular complexity index is 1160. The first-order chi connectivity index (χ1) is 14.8. The van der Waals surface area contributed by atoms with Gasteiger partial charge in [0.2, 0.25) is 15.9 Å². The zero-order chi connectivity index (χ0) is 22.4. The minimum absolute atomic E-state index is 0.271. The van der Waals surface area contributed by atoms with Crippen LogP contribution in [0.3, 0.4) is 0 Å². The molecule has 0 fully saturated rings. The van der Waals surface area contributed by atoms with Gasteiger partial charge in [0.25, 0.3) is 0 Å². The lowest BCUT2D eigenvalue weighted by atomic mass is 10.1. The number of carbonyl (C=O) groups excluding carboxylic acids is 1. The van der Waals surface area contributed by atoms with Crippen LogP contribution >= 0.6 is 0 Å². The van der Waals surface area contributed by atoms with Crippen LogP contribution in [0.15, 0.2) is 66.7 Å². The SMILES string of the molecule is CCC(C(=O)NCCOc1ccc2ccccc2c1)N(c1cccc(C)c1)S(C)(=O)=O. The zero-order valence-electron chi connectivity index (χ0n) is 18.0. The van der Waals surface area contributed by atoms with Gasteiger partial charge in [-0.1, -0.05) is 49.4 Å². The molecule has 0 aliphatic carbocycles. The Balaban J connectivity index is 1.64. The monoisotopic (exact) mass is 440 g/mol. The molecule has 0 radical (unpaired) electrons. The van der Waals surface area contributed by atoms with E-state index in [1.54, 1.807) is 25.1 Å². The summed E-state index contributed by atoms with van der Waals surface area (Å²) in [5, 5.41) is 5.02. The molecule has 1 N–H and O–H groups in total. The van der Waals surface area contributed by atoms with Gasteiger partial charge in [-0.25, -0.2) is 8.42 Å². The van der Waals surface area contributed by atoms with Crippen molar-refractivity contribution in [3.8, 4) is 5.75 Å². The van der Waals surface area contributed by atoms with Crippen molar-refractivity contribution < 1.29 is 17.9 Å². The summed E-state index contributed by atoms with van der Waals surface area (Å²) in [6, 6.07) is 20.1. The van der Waals surface area contributed by atoms with E-state index in [1.165, 1.54) is 4.31 Å². The second-order valence-electron chi connectivity index (χ2n) is 7.47. The van der Waals surface area contributed by atoms with Crippen LogP contribution in [0.1, 0.15) is 18.9 Å². The number of aryl methyl sites for hydroxylation is 1. The molecule has 0 aliphatic rings. The Morgan fingerprint density at radius 2 is 1.77 bits per heavy atom. The maximum Gasteiger partial charge on any atom is 0.244 e. The summed E-state index contributed by atoms with van der Waals surface area (Å²) in [6.07, 6.45) is 1.46. The summed E-state index contributed by atoms with van der Waals surface area (Å²) in [5.41, 5.74) is 1.40. The van der Waals surface area contributed by atoms with Crippen molar-refractivity contribution in [1.82, 2.24) is 5.32 Å². The fourth-order valence-electron chi connectivity index (χ4n) is 3.54. The summed E-state index contributed by atoms with van der Waals surface area (Å²) in [6.45, 7) is 4.23. The van der Waals surface area contributed by atoms with Crippen LogP contribution in [-0.2, 0) is 14.8 Å². The number of ether oxygens (including phenoxy) is 1. The summed E-state index contributed by atoms with van der Waals surface area (Å²) < 4.78 is 31.9. The van der Waals surface area contributed by atoms with E-state index in [0.717, 1.165) is 28.3 Å². The Morgan fingerprint density at radius 3 is 2.45 bits per heavy atom. The third kappa shape index (κ3) is 5.76. The highest BCUT2D eigenvalue weighted by Crippen LogP contribution is 2.23. The number of anilines is 1. The molecule has 1 atom stereocenters. The van der Waals surface area contributed by atoms with Gasteiger partial charge in [0, 0.05) is 0 Å². The van der Waals surface area contributed by atoms with Crippen LogP contribution in [0.25, 0.3) is 10.8 Å². The number of amides is 1. The highest BCUT2D eigenvalue weighted by Gasteiger charge is 2.31. The number of hydrogen-bond acceptors (Lipinski definition) is 4. The fourth-order valence-corrected chi connectivity index (χ4v) is 4.75. The Kier molecular flexibility index (Phi) is 7.17. The van der Waals surface area contributed by atoms with E-state index in [4.69, 9.17) is 4.74 Å². The number of fused-ring (bicyclic) bond motifs is 1. The van der Waals surface area contributed by atoms with E-state index in [-0.39, 0.29) is 19.1 Å². The third-order valence-electron chi connectivity index (χ3n) is 4.98. The van der Waals surface area contributed by atoms with Crippen molar-refractivity contribution >= 4 is 32.4 Å². The van der Waals surface area contributed by atoms with Crippen molar-refractivity contribution in [3.63, 3.8) is 0 Å². The summed E-state index contributed by atoms with van der Waals surface area (Å²) >= 11 is 0. The number of sulfonamides is 1. The van der Waals surface area contributed by atoms with Crippen LogP contribution in [0.2, 0.25) is 0 Å². The number of hydrogen-bond donors (Lipinski definition) is 1. The Hall–Kier alpha value is -3.06. The summed E-state index contributed by atoms with van der Waals surface area (Å²) in [7, 11) is -3.64. The lowest BCUT2D eigenvalue weighted by Gasteiger charge is -2.30. The highest BCUT2D eigenvalue weighted by molar-refractivity contribution is 7.92. The number of rotatable bonds is 9. The molecule has 0 heterocycles. The molecule has 1 unspecified atom stereocenters. The number of nitrogens with one attached hydrogen (secondary N) is 1. The van der Waals surface area contributed by atoms with Crippen LogP contribution in [0, 0.1) is 6.92 Å². The topological polar surface area (TPSA) is 75.7 Å². The Labute approximate surface area is 183 Å². The average molecular weight is 441 g/mol. The molecule has 6 nitrogen and oxygen atoms in total. The van der Waals surface area contributed by atoms with Gasteiger partial charge >= 0.3 is 0 Å². The fraction of sp³-hybridized carbons (Fsp3) is 0.292. The lowest BCUT2D eigenvalue weighted by Crippen LogP contribution is -2.50. The minimum atomic E-state index is -3.64. The van der Waals surface area contributed by atoms with Gasteiger partial charge in [0.05, 0.1) is 18.5 Å². The predicted octanol–water partition coefficient (Wildman–Crippen LogP) is 3.89. The molecule has 0 saturated heterocycles. The number of benzene rings is 3. The molecule has 0 aromatic heterocycles. The quantitative estimate of drug-likeness (QED) is 0.512.